The van der Waals surface area contributed by atoms with Gasteiger partial charge in [-0.2, -0.15) is 0 Å². The monoisotopic (exact) mass is 155 g/mol. The molecule has 0 amide bonds. The zero-order valence-electron chi connectivity index (χ0n) is 6.37. The molecule has 0 atom stereocenters. The first kappa shape index (κ1) is 7.78. The van der Waals surface area contributed by atoms with Crippen molar-refractivity contribution >= 4 is 5.97 Å². The normalized spacial score (nSPS) is 10.5. The molecule has 0 bridgehead atoms. The molecule has 0 aliphatic carbocycles. The molecule has 1 rings (SSSR count). The molecule has 0 spiro atoms. The average molecular weight is 155 g/mol. The summed E-state index contributed by atoms with van der Waals surface area (Å²) in [5.74, 6) is -0.908. The quantitative estimate of drug-likeness (QED) is 0.702. The number of hydrogen-bond acceptors (Lipinski definition) is 3. The highest BCUT2D eigenvalue weighted by molar-refractivity contribution is 5.88. The molecule has 1 aromatic heterocycles. The SMILES string of the molecule is CC(C)c1nocc1C(=O)O. The first-order chi connectivity index (χ1) is 5.13. The summed E-state index contributed by atoms with van der Waals surface area (Å²) in [5.41, 5.74) is 0.650. The first-order valence-corrected chi connectivity index (χ1v) is 3.30. The van der Waals surface area contributed by atoms with Crippen molar-refractivity contribution in [3.05, 3.63) is 17.5 Å². The molecule has 4 heteroatoms. The standard InChI is InChI=1S/C7H9NO3/c1-4(2)6-5(7(9)10)3-11-8-6/h3-4H,1-2H3,(H,9,10). The summed E-state index contributed by atoms with van der Waals surface area (Å²) in [7, 11) is 0. The van der Waals surface area contributed by atoms with Crippen LogP contribution in [0, 0.1) is 0 Å². The van der Waals surface area contributed by atoms with Crippen LogP contribution in [0.5, 0.6) is 0 Å². The minimum atomic E-state index is -0.991. The van der Waals surface area contributed by atoms with Gasteiger partial charge in [-0.25, -0.2) is 4.79 Å². The highest BCUT2D eigenvalue weighted by atomic mass is 16.5. The molecular weight excluding hydrogens is 146 g/mol. The summed E-state index contributed by atoms with van der Waals surface area (Å²) < 4.78 is 4.54. The average Bonchev–Trinajstić information content (AvgIpc) is 2.32. The van der Waals surface area contributed by atoms with Gasteiger partial charge in [0, 0.05) is 0 Å². The van der Waals surface area contributed by atoms with Crippen molar-refractivity contribution in [2.75, 3.05) is 0 Å². The van der Waals surface area contributed by atoms with Gasteiger partial charge in [0.2, 0.25) is 0 Å². The van der Waals surface area contributed by atoms with E-state index in [1.54, 1.807) is 0 Å². The van der Waals surface area contributed by atoms with E-state index in [2.05, 4.69) is 9.68 Å². The van der Waals surface area contributed by atoms with Crippen molar-refractivity contribution in [2.45, 2.75) is 19.8 Å². The van der Waals surface area contributed by atoms with Gasteiger partial charge < -0.3 is 9.63 Å². The van der Waals surface area contributed by atoms with Crippen LogP contribution in [0.3, 0.4) is 0 Å². The molecular formula is C7H9NO3. The van der Waals surface area contributed by atoms with E-state index < -0.39 is 5.97 Å². The largest absolute Gasteiger partial charge is 0.478 e. The first-order valence-electron chi connectivity index (χ1n) is 3.30. The van der Waals surface area contributed by atoms with E-state index >= 15 is 0 Å². The topological polar surface area (TPSA) is 63.3 Å². The van der Waals surface area contributed by atoms with E-state index in [9.17, 15) is 4.79 Å². The summed E-state index contributed by atoms with van der Waals surface area (Å²) in [4.78, 5) is 10.5. The Morgan fingerprint density at radius 1 is 1.73 bits per heavy atom. The predicted molar refractivity (Wildman–Crippen MR) is 37.6 cm³/mol. The zero-order valence-corrected chi connectivity index (χ0v) is 6.37. The van der Waals surface area contributed by atoms with Gasteiger partial charge in [-0.3, -0.25) is 0 Å². The fraction of sp³-hybridized carbons (Fsp3) is 0.429. The lowest BCUT2D eigenvalue weighted by molar-refractivity contribution is 0.0694. The fourth-order valence-electron chi connectivity index (χ4n) is 0.822. The Labute approximate surface area is 63.8 Å². The number of carboxylic acid groups (broad SMARTS) is 1. The van der Waals surface area contributed by atoms with E-state index in [0.29, 0.717) is 5.69 Å². The lowest BCUT2D eigenvalue weighted by Gasteiger charge is -1.97. The molecule has 0 aliphatic rings. The number of aromatic nitrogens is 1. The van der Waals surface area contributed by atoms with Gasteiger partial charge in [0.25, 0.3) is 0 Å². The maximum Gasteiger partial charge on any atom is 0.340 e. The van der Waals surface area contributed by atoms with E-state index in [1.807, 2.05) is 13.8 Å². The molecule has 1 aromatic rings. The van der Waals surface area contributed by atoms with Crippen LogP contribution in [-0.2, 0) is 0 Å². The van der Waals surface area contributed by atoms with Crippen LogP contribution < -0.4 is 0 Å². The molecule has 0 saturated carbocycles. The van der Waals surface area contributed by atoms with Crippen LogP contribution in [0.2, 0.25) is 0 Å². The van der Waals surface area contributed by atoms with Crippen molar-refractivity contribution in [3.8, 4) is 0 Å². The Hall–Kier alpha value is -1.32. The Balaban J connectivity index is 3.06. The number of carboxylic acids is 1. The van der Waals surface area contributed by atoms with E-state index in [1.165, 1.54) is 0 Å². The Kier molecular flexibility index (Phi) is 1.94. The number of nitrogens with zero attached hydrogens (tertiary/aromatic N) is 1. The molecule has 0 aromatic carbocycles. The number of rotatable bonds is 2. The predicted octanol–water partition coefficient (Wildman–Crippen LogP) is 1.50. The second kappa shape index (κ2) is 2.74. The zero-order chi connectivity index (χ0) is 8.43. The lowest BCUT2D eigenvalue weighted by Crippen LogP contribution is -2.01. The Morgan fingerprint density at radius 2 is 2.36 bits per heavy atom. The summed E-state index contributed by atoms with van der Waals surface area (Å²) in [6, 6.07) is 0. The third-order valence-corrected chi connectivity index (χ3v) is 1.37. The maximum absolute atomic E-state index is 10.5. The van der Waals surface area contributed by atoms with Crippen LogP contribution >= 0.6 is 0 Å². The Morgan fingerprint density at radius 3 is 2.73 bits per heavy atom. The third-order valence-electron chi connectivity index (χ3n) is 1.37. The smallest absolute Gasteiger partial charge is 0.340 e. The Bertz CT molecular complexity index is 264. The molecule has 1 heterocycles. The highest BCUT2D eigenvalue weighted by Gasteiger charge is 2.16. The number of aromatic carboxylic acids is 1. The maximum atomic E-state index is 10.5. The van der Waals surface area contributed by atoms with Gasteiger partial charge >= 0.3 is 5.97 Å². The van der Waals surface area contributed by atoms with Crippen molar-refractivity contribution in [3.63, 3.8) is 0 Å². The van der Waals surface area contributed by atoms with Crippen LogP contribution in [0.25, 0.3) is 0 Å². The van der Waals surface area contributed by atoms with Crippen molar-refractivity contribution in [1.82, 2.24) is 5.16 Å². The van der Waals surface area contributed by atoms with Crippen molar-refractivity contribution in [2.24, 2.45) is 0 Å². The van der Waals surface area contributed by atoms with Gasteiger partial charge in [-0.15, -0.1) is 0 Å². The number of hydrogen-bond donors (Lipinski definition) is 1. The van der Waals surface area contributed by atoms with Crippen molar-refractivity contribution < 1.29 is 14.4 Å². The van der Waals surface area contributed by atoms with Gasteiger partial charge in [0.1, 0.15) is 17.5 Å². The summed E-state index contributed by atoms with van der Waals surface area (Å²) in [6.07, 6.45) is 1.15. The van der Waals surface area contributed by atoms with E-state index in [0.717, 1.165) is 6.26 Å². The van der Waals surface area contributed by atoms with Gasteiger partial charge in [0.15, 0.2) is 0 Å². The molecule has 0 unspecified atom stereocenters. The van der Waals surface area contributed by atoms with Gasteiger partial charge in [-0.1, -0.05) is 19.0 Å². The lowest BCUT2D eigenvalue weighted by atomic mass is 10.1. The molecule has 0 aliphatic heterocycles. The van der Waals surface area contributed by atoms with Crippen LogP contribution in [0.15, 0.2) is 10.8 Å². The molecule has 0 fully saturated rings. The van der Waals surface area contributed by atoms with Crippen LogP contribution in [-0.4, -0.2) is 16.2 Å². The molecule has 1 N–H and O–H groups in total. The van der Waals surface area contributed by atoms with E-state index in [-0.39, 0.29) is 11.5 Å². The van der Waals surface area contributed by atoms with Gasteiger partial charge in [-0.05, 0) is 5.92 Å². The van der Waals surface area contributed by atoms with Gasteiger partial charge in [0.05, 0.1) is 0 Å². The minimum absolute atomic E-state index is 0.0832. The molecule has 11 heavy (non-hydrogen) atoms. The van der Waals surface area contributed by atoms with Crippen molar-refractivity contribution in [1.29, 1.82) is 0 Å². The van der Waals surface area contributed by atoms with Crippen LogP contribution in [0.4, 0.5) is 0 Å². The van der Waals surface area contributed by atoms with E-state index in [4.69, 9.17) is 5.11 Å². The molecule has 0 saturated heterocycles. The second-order valence-electron chi connectivity index (χ2n) is 2.57. The number of carbonyl (C=O) groups is 1. The minimum Gasteiger partial charge on any atom is -0.478 e. The second-order valence-corrected chi connectivity index (χ2v) is 2.57. The molecule has 4 nitrogen and oxygen atoms in total. The summed E-state index contributed by atoms with van der Waals surface area (Å²) >= 11 is 0. The summed E-state index contributed by atoms with van der Waals surface area (Å²) in [5, 5.41) is 12.2. The summed E-state index contributed by atoms with van der Waals surface area (Å²) in [6.45, 7) is 3.73. The molecule has 60 valence electrons. The molecule has 0 radical (unpaired) electrons. The highest BCUT2D eigenvalue weighted by Crippen LogP contribution is 2.16. The fourth-order valence-corrected chi connectivity index (χ4v) is 0.822. The third kappa shape index (κ3) is 1.39. The van der Waals surface area contributed by atoms with Crippen LogP contribution in [0.1, 0.15) is 35.8 Å².